The van der Waals surface area contributed by atoms with Gasteiger partial charge in [0.1, 0.15) is 13.2 Å². The summed E-state index contributed by atoms with van der Waals surface area (Å²) in [6, 6.07) is 0. The van der Waals surface area contributed by atoms with Gasteiger partial charge in [0.25, 0.3) is 0 Å². The van der Waals surface area contributed by atoms with Gasteiger partial charge in [-0.25, -0.2) is 0 Å². The predicted octanol–water partition coefficient (Wildman–Crippen LogP) is 17.1. The van der Waals surface area contributed by atoms with Crippen LogP contribution in [-0.2, 0) is 28.6 Å². The molecule has 1 unspecified atom stereocenters. The molecule has 6 heteroatoms. The van der Waals surface area contributed by atoms with Gasteiger partial charge in [-0.3, -0.25) is 14.4 Å². The van der Waals surface area contributed by atoms with Gasteiger partial charge in [-0.2, -0.15) is 0 Å². The van der Waals surface area contributed by atoms with Gasteiger partial charge in [0.2, 0.25) is 0 Å². The summed E-state index contributed by atoms with van der Waals surface area (Å²) in [4.78, 5) is 37.7. The van der Waals surface area contributed by atoms with E-state index in [-0.39, 0.29) is 37.5 Å². The Labute approximate surface area is 398 Å². The number of unbranched alkanes of at least 4 members (excludes halogenated alkanes) is 11. The van der Waals surface area contributed by atoms with Crippen LogP contribution in [0.3, 0.4) is 0 Å². The third kappa shape index (κ3) is 50.4. The maximum atomic E-state index is 12.7. The van der Waals surface area contributed by atoms with E-state index in [2.05, 4.69) is 154 Å². The summed E-state index contributed by atoms with van der Waals surface area (Å²) in [6.07, 6.45) is 73.2. The predicted molar refractivity (Wildman–Crippen MR) is 279 cm³/mol. The minimum absolute atomic E-state index is 0.108. The molecule has 0 saturated heterocycles. The van der Waals surface area contributed by atoms with Crippen molar-refractivity contribution in [2.75, 3.05) is 13.2 Å². The molecule has 0 aliphatic carbocycles. The molecule has 65 heavy (non-hydrogen) atoms. The van der Waals surface area contributed by atoms with E-state index in [9.17, 15) is 14.4 Å². The third-order valence-electron chi connectivity index (χ3n) is 10.2. The van der Waals surface area contributed by atoms with E-state index in [0.29, 0.717) is 19.3 Å². The number of allylic oxidation sites excluding steroid dienone is 22. The molecule has 364 valence electrons. The quantitative estimate of drug-likeness (QED) is 0.0262. The summed E-state index contributed by atoms with van der Waals surface area (Å²) < 4.78 is 16.6. The van der Waals surface area contributed by atoms with Crippen molar-refractivity contribution < 1.29 is 28.6 Å². The molecule has 0 radical (unpaired) electrons. The molecule has 0 rings (SSSR count). The molecule has 1 atom stereocenters. The van der Waals surface area contributed by atoms with Gasteiger partial charge < -0.3 is 14.2 Å². The molecule has 6 nitrogen and oxygen atoms in total. The van der Waals surface area contributed by atoms with Gasteiger partial charge in [0, 0.05) is 19.3 Å². The average molecular weight is 897 g/mol. The first-order valence-electron chi connectivity index (χ1n) is 25.7. The molecule has 0 saturated carbocycles. The van der Waals surface area contributed by atoms with Gasteiger partial charge in [0.15, 0.2) is 6.10 Å². The summed E-state index contributed by atoms with van der Waals surface area (Å²) in [6.45, 7) is 6.27. The number of carbonyl (C=O) groups is 3. The van der Waals surface area contributed by atoms with Crippen LogP contribution in [0.2, 0.25) is 0 Å². The second-order valence-electron chi connectivity index (χ2n) is 16.3. The van der Waals surface area contributed by atoms with Crippen LogP contribution >= 0.6 is 0 Å². The first-order chi connectivity index (χ1) is 32.0. The zero-order valence-corrected chi connectivity index (χ0v) is 41.4. The number of carbonyl (C=O) groups excluding carboxylic acids is 3. The van der Waals surface area contributed by atoms with Crippen molar-refractivity contribution in [1.82, 2.24) is 0 Å². The molecule has 0 bridgehead atoms. The SMILES string of the molecule is CC/C=C\C/C=C\C/C=C\C/C=C\C/C=C\C/C=C\C/C=C\C/C=C\CCCCC(=O)OCC(COC(=O)CCCCCCCCC)OC(=O)CCCCC/C=C\C/C=C\C/C=C\CC. The highest BCUT2D eigenvalue weighted by Crippen LogP contribution is 2.12. The molecule has 0 aromatic rings. The van der Waals surface area contributed by atoms with E-state index in [1.807, 2.05) is 0 Å². The Morgan fingerprint density at radius 2 is 0.600 bits per heavy atom. The number of rotatable bonds is 44. The zero-order valence-electron chi connectivity index (χ0n) is 41.4. The smallest absolute Gasteiger partial charge is 0.306 e. The minimum Gasteiger partial charge on any atom is -0.462 e. The lowest BCUT2D eigenvalue weighted by Crippen LogP contribution is -2.30. The van der Waals surface area contributed by atoms with Crippen molar-refractivity contribution in [3.8, 4) is 0 Å². The van der Waals surface area contributed by atoms with E-state index in [4.69, 9.17) is 14.2 Å². The van der Waals surface area contributed by atoms with Gasteiger partial charge in [-0.1, -0.05) is 199 Å². The fraction of sp³-hybridized carbons (Fsp3) is 0.576. The highest BCUT2D eigenvalue weighted by Gasteiger charge is 2.19. The van der Waals surface area contributed by atoms with Crippen LogP contribution in [0.25, 0.3) is 0 Å². The lowest BCUT2D eigenvalue weighted by atomic mass is 10.1. The molecule has 0 N–H and O–H groups in total. The van der Waals surface area contributed by atoms with E-state index in [0.717, 1.165) is 128 Å². The standard InChI is InChI=1S/C59H92O6/c1-4-7-10-13-16-18-20-22-23-24-25-26-27-28-29-30-31-32-33-34-35-37-38-40-43-46-49-52-58(61)64-55-56(54-63-57(60)51-48-45-42-15-12-9-6-3)65-59(62)53-50-47-44-41-39-36-21-19-17-14-11-8-5-2/h7-8,10-11,16-19,22-23,25-26,28-29,31-32,34-36,38-40,56H,4-6,9,12-15,20-21,24,27,30,33,37,41-55H2,1-3H3/b10-7-,11-8-,18-16-,19-17-,23-22-,26-25-,29-28-,32-31-,35-34-,39-36-,40-38-. The number of esters is 3. The molecule has 0 aromatic carbocycles. The second-order valence-corrected chi connectivity index (χ2v) is 16.3. The molecule has 0 aromatic heterocycles. The second kappa shape index (κ2) is 52.2. The maximum Gasteiger partial charge on any atom is 0.306 e. The Morgan fingerprint density at radius 1 is 0.323 bits per heavy atom. The first kappa shape index (κ1) is 60.5. The largest absolute Gasteiger partial charge is 0.462 e. The van der Waals surface area contributed by atoms with Crippen molar-refractivity contribution in [2.24, 2.45) is 0 Å². The van der Waals surface area contributed by atoms with E-state index in [1.54, 1.807) is 0 Å². The normalized spacial score (nSPS) is 13.2. The van der Waals surface area contributed by atoms with Crippen molar-refractivity contribution in [2.45, 2.75) is 207 Å². The average Bonchev–Trinajstić information content (AvgIpc) is 3.30. The maximum absolute atomic E-state index is 12.7. The number of ether oxygens (including phenoxy) is 3. The van der Waals surface area contributed by atoms with E-state index >= 15 is 0 Å². The fourth-order valence-electron chi connectivity index (χ4n) is 6.35. The fourth-order valence-corrected chi connectivity index (χ4v) is 6.35. The van der Waals surface area contributed by atoms with Gasteiger partial charge >= 0.3 is 17.9 Å². The van der Waals surface area contributed by atoms with Gasteiger partial charge in [-0.05, 0) is 116 Å². The van der Waals surface area contributed by atoms with Crippen molar-refractivity contribution in [1.29, 1.82) is 0 Å². The molecule has 0 aliphatic heterocycles. The zero-order chi connectivity index (χ0) is 47.2. The number of hydrogen-bond acceptors (Lipinski definition) is 6. The summed E-state index contributed by atoms with van der Waals surface area (Å²) >= 11 is 0. The molecule has 0 aliphatic rings. The Morgan fingerprint density at radius 3 is 0.969 bits per heavy atom. The van der Waals surface area contributed by atoms with E-state index in [1.165, 1.54) is 25.7 Å². The Bertz CT molecular complexity index is 1450. The number of hydrogen-bond donors (Lipinski definition) is 0. The van der Waals surface area contributed by atoms with Crippen LogP contribution in [0.4, 0.5) is 0 Å². The Kier molecular flexibility index (Phi) is 48.6. The Balaban J connectivity index is 4.35. The highest BCUT2D eigenvalue weighted by atomic mass is 16.6. The van der Waals surface area contributed by atoms with Crippen LogP contribution < -0.4 is 0 Å². The summed E-state index contributed by atoms with van der Waals surface area (Å²) in [7, 11) is 0. The summed E-state index contributed by atoms with van der Waals surface area (Å²) in [5, 5.41) is 0. The lowest BCUT2D eigenvalue weighted by molar-refractivity contribution is -0.167. The van der Waals surface area contributed by atoms with Gasteiger partial charge in [-0.15, -0.1) is 0 Å². The molecule has 0 heterocycles. The highest BCUT2D eigenvalue weighted by molar-refractivity contribution is 5.71. The first-order valence-corrected chi connectivity index (χ1v) is 25.7. The van der Waals surface area contributed by atoms with Crippen LogP contribution in [0.15, 0.2) is 134 Å². The van der Waals surface area contributed by atoms with Crippen LogP contribution in [0, 0.1) is 0 Å². The van der Waals surface area contributed by atoms with Crippen LogP contribution in [0.5, 0.6) is 0 Å². The monoisotopic (exact) mass is 897 g/mol. The topological polar surface area (TPSA) is 78.9 Å². The third-order valence-corrected chi connectivity index (χ3v) is 10.2. The lowest BCUT2D eigenvalue weighted by Gasteiger charge is -2.18. The van der Waals surface area contributed by atoms with Crippen LogP contribution in [-0.4, -0.2) is 37.2 Å². The van der Waals surface area contributed by atoms with Crippen LogP contribution in [0.1, 0.15) is 201 Å². The van der Waals surface area contributed by atoms with Crippen molar-refractivity contribution >= 4 is 17.9 Å². The minimum atomic E-state index is -0.812. The van der Waals surface area contributed by atoms with Crippen molar-refractivity contribution in [3.63, 3.8) is 0 Å². The Hall–Kier alpha value is -4.45. The van der Waals surface area contributed by atoms with E-state index < -0.39 is 6.10 Å². The molecular weight excluding hydrogens is 805 g/mol. The van der Waals surface area contributed by atoms with Crippen molar-refractivity contribution in [3.05, 3.63) is 134 Å². The molecule has 0 amide bonds. The molecular formula is C59H92O6. The van der Waals surface area contributed by atoms with Gasteiger partial charge in [0.05, 0.1) is 0 Å². The summed E-state index contributed by atoms with van der Waals surface area (Å²) in [5.41, 5.74) is 0. The molecule has 0 spiro atoms. The summed E-state index contributed by atoms with van der Waals surface area (Å²) in [5.74, 6) is -1.00. The molecule has 0 fully saturated rings.